The van der Waals surface area contributed by atoms with Crippen LogP contribution < -0.4 is 0 Å². The maximum atomic E-state index is 4.14. The quantitative estimate of drug-likeness (QED) is 0.441. The molecule has 2 nitrogen and oxygen atoms in total. The third-order valence-corrected chi connectivity index (χ3v) is 5.57. The van der Waals surface area contributed by atoms with E-state index in [1.807, 2.05) is 6.08 Å². The summed E-state index contributed by atoms with van der Waals surface area (Å²) in [6, 6.07) is 19.2. The Bertz CT molecular complexity index is 1190. The molecule has 1 aliphatic carbocycles. The van der Waals surface area contributed by atoms with Crippen LogP contribution in [0.2, 0.25) is 0 Å². The van der Waals surface area contributed by atoms with Crippen molar-refractivity contribution < 1.29 is 0 Å². The Morgan fingerprint density at radius 3 is 2.48 bits per heavy atom. The Labute approximate surface area is 159 Å². The van der Waals surface area contributed by atoms with Gasteiger partial charge >= 0.3 is 0 Å². The van der Waals surface area contributed by atoms with Gasteiger partial charge in [0.25, 0.3) is 0 Å². The van der Waals surface area contributed by atoms with Crippen LogP contribution in [0.5, 0.6) is 0 Å². The van der Waals surface area contributed by atoms with E-state index in [-0.39, 0.29) is 0 Å². The second kappa shape index (κ2) is 6.17. The van der Waals surface area contributed by atoms with Crippen molar-refractivity contribution in [3.8, 4) is 17.1 Å². The van der Waals surface area contributed by atoms with Gasteiger partial charge in [0.05, 0.1) is 17.1 Å². The average Bonchev–Trinajstić information content (AvgIpc) is 3.24. The van der Waals surface area contributed by atoms with Gasteiger partial charge in [0.1, 0.15) is 0 Å². The summed E-state index contributed by atoms with van der Waals surface area (Å²) in [5, 5.41) is 1.34. The zero-order valence-corrected chi connectivity index (χ0v) is 15.5. The van der Waals surface area contributed by atoms with E-state index >= 15 is 0 Å². The summed E-state index contributed by atoms with van der Waals surface area (Å²) in [7, 11) is 0. The predicted octanol–water partition coefficient (Wildman–Crippen LogP) is 6.40. The zero-order valence-electron chi connectivity index (χ0n) is 15.5. The van der Waals surface area contributed by atoms with Crippen molar-refractivity contribution >= 4 is 23.1 Å². The highest BCUT2D eigenvalue weighted by molar-refractivity contribution is 5.93. The maximum absolute atomic E-state index is 4.14. The van der Waals surface area contributed by atoms with Crippen LogP contribution in [0.3, 0.4) is 0 Å². The minimum absolute atomic E-state index is 1.05. The summed E-state index contributed by atoms with van der Waals surface area (Å²) < 4.78 is 2.37. The van der Waals surface area contributed by atoms with Crippen LogP contribution in [0.25, 0.3) is 40.1 Å². The first kappa shape index (κ1) is 16.0. The molecule has 1 aliphatic rings. The fourth-order valence-electron chi connectivity index (χ4n) is 4.48. The average molecular weight is 350 g/mol. The van der Waals surface area contributed by atoms with E-state index < -0.39 is 0 Å². The van der Waals surface area contributed by atoms with Gasteiger partial charge < -0.3 is 9.55 Å². The van der Waals surface area contributed by atoms with E-state index in [9.17, 15) is 0 Å². The van der Waals surface area contributed by atoms with Crippen LogP contribution in [0.4, 0.5) is 0 Å². The summed E-state index contributed by atoms with van der Waals surface area (Å²) in [6.07, 6.45) is 8.45. The molecule has 5 rings (SSSR count). The van der Waals surface area contributed by atoms with Gasteiger partial charge in [-0.15, -0.1) is 0 Å². The number of H-pyrrole nitrogens is 1. The fourth-order valence-corrected chi connectivity index (χ4v) is 4.48. The number of aromatic nitrogens is 2. The molecule has 2 aromatic carbocycles. The first-order valence-corrected chi connectivity index (χ1v) is 9.51. The molecule has 0 unspecified atom stereocenters. The van der Waals surface area contributed by atoms with Crippen LogP contribution in [0, 0.1) is 0 Å². The van der Waals surface area contributed by atoms with Gasteiger partial charge in [0.2, 0.25) is 0 Å². The van der Waals surface area contributed by atoms with Crippen molar-refractivity contribution in [2.24, 2.45) is 0 Å². The molecule has 27 heavy (non-hydrogen) atoms. The van der Waals surface area contributed by atoms with Gasteiger partial charge in [-0.3, -0.25) is 0 Å². The zero-order chi connectivity index (χ0) is 18.4. The normalized spacial score (nSPS) is 13.1. The van der Waals surface area contributed by atoms with Crippen molar-refractivity contribution in [1.82, 2.24) is 9.55 Å². The topological polar surface area (TPSA) is 20.7 Å². The van der Waals surface area contributed by atoms with E-state index in [1.54, 1.807) is 0 Å². The monoisotopic (exact) mass is 350 g/mol. The second-order valence-electron chi connectivity index (χ2n) is 7.03. The Morgan fingerprint density at radius 1 is 0.963 bits per heavy atom. The van der Waals surface area contributed by atoms with Gasteiger partial charge in [-0.25, -0.2) is 0 Å². The molecule has 0 bridgehead atoms. The van der Waals surface area contributed by atoms with Gasteiger partial charge in [-0.05, 0) is 55.2 Å². The Morgan fingerprint density at radius 2 is 1.70 bits per heavy atom. The molecule has 0 aliphatic heterocycles. The first-order chi connectivity index (χ1) is 13.3. The van der Waals surface area contributed by atoms with Crippen LogP contribution in [-0.2, 0) is 12.8 Å². The minimum atomic E-state index is 1.05. The van der Waals surface area contributed by atoms with Gasteiger partial charge in [0, 0.05) is 22.2 Å². The molecular formula is C25H22N2. The predicted molar refractivity (Wildman–Crippen MR) is 115 cm³/mol. The second-order valence-corrected chi connectivity index (χ2v) is 7.03. The number of para-hydroxylation sites is 2. The number of hydrogen-bond donors (Lipinski definition) is 1. The van der Waals surface area contributed by atoms with E-state index in [1.165, 1.54) is 44.7 Å². The summed E-state index contributed by atoms with van der Waals surface area (Å²) in [6.45, 7) is 6.22. The number of aromatic amines is 1. The number of allylic oxidation sites excluding steroid dienone is 1. The molecule has 0 amide bonds. The molecule has 0 atom stereocenters. The van der Waals surface area contributed by atoms with Gasteiger partial charge in [0.15, 0.2) is 0 Å². The largest absolute Gasteiger partial charge is 0.353 e. The van der Waals surface area contributed by atoms with Crippen molar-refractivity contribution in [2.75, 3.05) is 0 Å². The van der Waals surface area contributed by atoms with Crippen molar-refractivity contribution in [2.45, 2.75) is 19.8 Å². The lowest BCUT2D eigenvalue weighted by molar-refractivity contribution is 0.929. The highest BCUT2D eigenvalue weighted by atomic mass is 15.0. The number of nitrogens with one attached hydrogen (secondary N) is 1. The molecule has 2 heterocycles. The first-order valence-electron chi connectivity index (χ1n) is 9.51. The maximum Gasteiger partial charge on any atom is 0.0739 e. The van der Waals surface area contributed by atoms with Crippen LogP contribution in [-0.4, -0.2) is 9.55 Å². The number of aryl methyl sites for hydroxylation is 1. The van der Waals surface area contributed by atoms with Crippen LogP contribution in [0.15, 0.2) is 67.3 Å². The highest BCUT2D eigenvalue weighted by Crippen LogP contribution is 2.43. The van der Waals surface area contributed by atoms with E-state index in [0.29, 0.717) is 0 Å². The Hall–Kier alpha value is -3.26. The molecule has 0 saturated heterocycles. The smallest absolute Gasteiger partial charge is 0.0739 e. The Balaban J connectivity index is 1.92. The summed E-state index contributed by atoms with van der Waals surface area (Å²) in [4.78, 5) is 3.71. The third kappa shape index (κ3) is 2.26. The van der Waals surface area contributed by atoms with Crippen molar-refractivity contribution in [1.29, 1.82) is 0 Å². The molecule has 2 aromatic heterocycles. The number of nitrogens with zero attached hydrogens (tertiary/aromatic N) is 1. The number of hydrogen-bond acceptors (Lipinski definition) is 0. The number of fused-ring (bicyclic) bond motifs is 5. The Kier molecular flexibility index (Phi) is 3.64. The van der Waals surface area contributed by atoms with Crippen LogP contribution >= 0.6 is 0 Å². The van der Waals surface area contributed by atoms with Gasteiger partial charge in [-0.1, -0.05) is 55.1 Å². The molecule has 0 spiro atoms. The highest BCUT2D eigenvalue weighted by Gasteiger charge is 2.29. The van der Waals surface area contributed by atoms with E-state index in [2.05, 4.69) is 89.8 Å². The SMILES string of the molecule is C=Cc1c(/C=C\C)c2c(n1-c1ccccc1)-c1[nH]c3ccccc3c1CC2. The molecular weight excluding hydrogens is 328 g/mol. The lowest BCUT2D eigenvalue weighted by Crippen LogP contribution is -2.06. The summed E-state index contributed by atoms with van der Waals surface area (Å²) >= 11 is 0. The van der Waals surface area contributed by atoms with E-state index in [4.69, 9.17) is 0 Å². The lowest BCUT2D eigenvalue weighted by atomic mass is 9.91. The molecule has 4 aromatic rings. The van der Waals surface area contributed by atoms with Crippen molar-refractivity contribution in [3.63, 3.8) is 0 Å². The summed E-state index contributed by atoms with van der Waals surface area (Å²) in [5.74, 6) is 0. The number of benzene rings is 2. The molecule has 0 saturated carbocycles. The fraction of sp³-hybridized carbons (Fsp3) is 0.120. The van der Waals surface area contributed by atoms with Gasteiger partial charge in [-0.2, -0.15) is 0 Å². The lowest BCUT2D eigenvalue weighted by Gasteiger charge is -2.18. The van der Waals surface area contributed by atoms with Crippen LogP contribution in [0.1, 0.15) is 29.3 Å². The molecule has 2 heteroatoms. The molecule has 0 fully saturated rings. The third-order valence-electron chi connectivity index (χ3n) is 5.57. The minimum Gasteiger partial charge on any atom is -0.353 e. The molecule has 0 radical (unpaired) electrons. The summed E-state index contributed by atoms with van der Waals surface area (Å²) in [5.41, 5.74) is 10.2. The molecule has 1 N–H and O–H groups in total. The van der Waals surface area contributed by atoms with E-state index in [0.717, 1.165) is 18.5 Å². The standard InChI is InChI=1S/C25H22N2/c1-3-10-19-21-16-15-20-18-13-8-9-14-22(18)26-24(20)25(21)27(23(19)4-2)17-11-6-5-7-12-17/h3-14,26H,2,15-16H2,1H3/b10-3-. The molecule has 132 valence electrons. The van der Waals surface area contributed by atoms with Crippen molar-refractivity contribution in [3.05, 3.63) is 89.6 Å². The number of rotatable bonds is 3.